The quantitative estimate of drug-likeness (QED) is 0.0433. The van der Waals surface area contributed by atoms with E-state index in [1.165, 1.54) is 0 Å². The van der Waals surface area contributed by atoms with E-state index >= 15 is 0 Å². The Morgan fingerprint density at radius 3 is 2.47 bits per heavy atom. The summed E-state index contributed by atoms with van der Waals surface area (Å²) in [4.78, 5) is 22.6. The molecular formula is C37H40N6O6. The first kappa shape index (κ1) is 34.8. The minimum Gasteiger partial charge on any atom is -0.497 e. The van der Waals surface area contributed by atoms with Crippen LogP contribution in [-0.2, 0) is 28.9 Å². The third-order valence-corrected chi connectivity index (χ3v) is 8.20. The summed E-state index contributed by atoms with van der Waals surface area (Å²) in [6, 6.07) is 29.9. The molecule has 49 heavy (non-hydrogen) atoms. The highest BCUT2D eigenvalue weighted by Gasteiger charge is 2.53. The molecule has 1 aliphatic rings. The van der Waals surface area contributed by atoms with Gasteiger partial charge in [0.25, 0.3) is 5.91 Å². The molecule has 254 valence electrons. The van der Waals surface area contributed by atoms with Crippen LogP contribution < -0.4 is 25.1 Å². The molecule has 4 aromatic rings. The van der Waals surface area contributed by atoms with Crippen molar-refractivity contribution in [1.29, 1.82) is 0 Å². The van der Waals surface area contributed by atoms with Crippen molar-refractivity contribution in [3.63, 3.8) is 0 Å². The average Bonchev–Trinajstić information content (AvgIpc) is 3.53. The molecule has 0 unspecified atom stereocenters. The van der Waals surface area contributed by atoms with Crippen LogP contribution in [0.25, 0.3) is 10.4 Å². The molecule has 4 aromatic carbocycles. The van der Waals surface area contributed by atoms with E-state index in [0.29, 0.717) is 48.6 Å². The number of nitrogens with one attached hydrogen (secondary N) is 2. The number of aliphatic hydroxyl groups is 1. The van der Waals surface area contributed by atoms with Gasteiger partial charge in [-0.2, -0.15) is 0 Å². The molecule has 0 aromatic heterocycles. The number of aliphatic imine (C=N–C) groups is 1. The number of hydrogen-bond donors (Lipinski definition) is 3. The topological polar surface area (TPSA) is 159 Å². The van der Waals surface area contributed by atoms with Crippen molar-refractivity contribution >= 4 is 11.8 Å². The van der Waals surface area contributed by atoms with E-state index in [1.54, 1.807) is 26.4 Å². The zero-order valence-electron chi connectivity index (χ0n) is 27.5. The minimum absolute atomic E-state index is 0.0425. The molecule has 3 N–H and O–H groups in total. The summed E-state index contributed by atoms with van der Waals surface area (Å²) in [7, 11) is 3.22. The molecule has 1 aliphatic heterocycles. The Kier molecular flexibility index (Phi) is 12.1. The van der Waals surface area contributed by atoms with Crippen molar-refractivity contribution in [2.24, 2.45) is 10.1 Å². The molecule has 0 saturated heterocycles. The maximum absolute atomic E-state index is 14.6. The molecule has 12 nitrogen and oxygen atoms in total. The van der Waals surface area contributed by atoms with Gasteiger partial charge >= 0.3 is 0 Å². The second kappa shape index (κ2) is 17.0. The van der Waals surface area contributed by atoms with Crippen molar-refractivity contribution in [3.05, 3.63) is 135 Å². The molecule has 12 heteroatoms. The third-order valence-electron chi connectivity index (χ3n) is 8.20. The van der Waals surface area contributed by atoms with Crippen molar-refractivity contribution in [2.75, 3.05) is 34.0 Å². The Balaban J connectivity index is 1.50. The van der Waals surface area contributed by atoms with E-state index in [2.05, 4.69) is 20.9 Å². The van der Waals surface area contributed by atoms with Crippen LogP contribution in [0.4, 0.5) is 0 Å². The summed E-state index contributed by atoms with van der Waals surface area (Å²) < 4.78 is 23.3. The van der Waals surface area contributed by atoms with Gasteiger partial charge in [-0.15, -0.1) is 0 Å². The molecule has 0 spiro atoms. The first-order valence-corrected chi connectivity index (χ1v) is 16.0. The number of aliphatic hydroxyl groups excluding tert-OH is 1. The number of benzene rings is 4. The maximum atomic E-state index is 14.6. The number of hydrazine groups is 1. The molecule has 2 atom stereocenters. The van der Waals surface area contributed by atoms with Gasteiger partial charge in [-0.3, -0.25) is 10.2 Å². The number of rotatable bonds is 17. The Hall–Kier alpha value is -5.55. The fourth-order valence-electron chi connectivity index (χ4n) is 5.73. The number of amides is 1. The lowest BCUT2D eigenvalue weighted by Crippen LogP contribution is -2.54. The van der Waals surface area contributed by atoms with Crippen molar-refractivity contribution in [2.45, 2.75) is 37.5 Å². The van der Waals surface area contributed by atoms with Gasteiger partial charge in [0.2, 0.25) is 5.90 Å². The smallest absolute Gasteiger partial charge is 0.266 e. The third kappa shape index (κ3) is 8.49. The minimum atomic E-state index is -1.46. The van der Waals surface area contributed by atoms with Crippen LogP contribution in [0.3, 0.4) is 0 Å². The highest BCUT2D eigenvalue weighted by molar-refractivity contribution is 6.01. The SMILES string of the molecule is COc1ccc(OC)c(CCNNC(=O)[C@@]2(Cc3ccccc3)N=C(c3ccc(OCCCO)cc3)O[C@H]2c2ccccc2CN=[N+]=[N-])c1. The van der Waals surface area contributed by atoms with E-state index in [1.807, 2.05) is 84.9 Å². The molecule has 5 rings (SSSR count). The highest BCUT2D eigenvalue weighted by Crippen LogP contribution is 2.43. The van der Waals surface area contributed by atoms with Gasteiger partial charge < -0.3 is 24.1 Å². The van der Waals surface area contributed by atoms with Crippen molar-refractivity contribution < 1.29 is 28.8 Å². The van der Waals surface area contributed by atoms with E-state index in [4.69, 9.17) is 34.6 Å². The lowest BCUT2D eigenvalue weighted by molar-refractivity contribution is -0.130. The lowest BCUT2D eigenvalue weighted by Gasteiger charge is -2.31. The van der Waals surface area contributed by atoms with E-state index in [9.17, 15) is 4.79 Å². The zero-order valence-corrected chi connectivity index (χ0v) is 27.5. The molecule has 1 amide bonds. The van der Waals surface area contributed by atoms with Crippen LogP contribution in [0.1, 0.15) is 40.3 Å². The van der Waals surface area contributed by atoms with Crippen LogP contribution in [0, 0.1) is 0 Å². The normalized spacial score (nSPS) is 16.6. The van der Waals surface area contributed by atoms with Gasteiger partial charge in [0.15, 0.2) is 11.6 Å². The van der Waals surface area contributed by atoms with Gasteiger partial charge in [-0.1, -0.05) is 59.7 Å². The number of ether oxygens (including phenoxy) is 4. The standard InChI is InChI=1S/C37H40N6O6/c1-46-31-17-18-33(47-2)28(23-31)19-20-39-42-36(45)37(24-26-9-4-3-5-10-26)34(32-12-7-6-11-29(32)25-40-43-38)49-35(41-37)27-13-15-30(16-14-27)48-22-8-21-44/h3-7,9-18,23,34,39,44H,8,19-22,24-25H2,1-2H3,(H,42,45)/t34-,37-/m0/s1. The van der Waals surface area contributed by atoms with E-state index in [0.717, 1.165) is 22.4 Å². The Bertz CT molecular complexity index is 1780. The second-order valence-electron chi connectivity index (χ2n) is 11.3. The number of azide groups is 1. The Morgan fingerprint density at radius 2 is 1.73 bits per heavy atom. The first-order valence-electron chi connectivity index (χ1n) is 16.0. The van der Waals surface area contributed by atoms with Crippen molar-refractivity contribution in [3.8, 4) is 17.2 Å². The maximum Gasteiger partial charge on any atom is 0.266 e. The van der Waals surface area contributed by atoms with Crippen molar-refractivity contribution in [1.82, 2.24) is 10.9 Å². The predicted octanol–water partition coefficient (Wildman–Crippen LogP) is 5.64. The number of hydrogen-bond acceptors (Lipinski definition) is 9. The van der Waals surface area contributed by atoms with Crippen LogP contribution in [0.5, 0.6) is 17.2 Å². The average molecular weight is 665 g/mol. The summed E-state index contributed by atoms with van der Waals surface area (Å²) >= 11 is 0. The molecule has 1 heterocycles. The second-order valence-corrected chi connectivity index (χ2v) is 11.3. The molecule has 0 saturated carbocycles. The molecule has 0 radical (unpaired) electrons. The molecule has 0 fully saturated rings. The van der Waals surface area contributed by atoms with E-state index in [-0.39, 0.29) is 25.5 Å². The summed E-state index contributed by atoms with van der Waals surface area (Å²) in [5, 5.41) is 12.9. The van der Waals surface area contributed by atoms with Crippen LogP contribution >= 0.6 is 0 Å². The highest BCUT2D eigenvalue weighted by atomic mass is 16.5. The van der Waals surface area contributed by atoms with Gasteiger partial charge in [-0.05, 0) is 76.7 Å². The van der Waals surface area contributed by atoms with Crippen LogP contribution in [-0.4, -0.2) is 56.4 Å². The largest absolute Gasteiger partial charge is 0.497 e. The van der Waals surface area contributed by atoms with Crippen LogP contribution in [0.2, 0.25) is 0 Å². The number of carbonyl (C=O) groups excluding carboxylic acids is 1. The predicted molar refractivity (Wildman–Crippen MR) is 186 cm³/mol. The summed E-state index contributed by atoms with van der Waals surface area (Å²) in [5.41, 5.74) is 17.5. The molecular weight excluding hydrogens is 624 g/mol. The van der Waals surface area contributed by atoms with Gasteiger partial charge in [0.1, 0.15) is 17.2 Å². The fourth-order valence-corrected chi connectivity index (χ4v) is 5.73. The summed E-state index contributed by atoms with van der Waals surface area (Å²) in [5.74, 6) is 1.96. The first-order chi connectivity index (χ1) is 24.0. The summed E-state index contributed by atoms with van der Waals surface area (Å²) in [6.07, 6.45) is 0.417. The monoisotopic (exact) mass is 664 g/mol. The molecule has 0 bridgehead atoms. The fraction of sp³-hybridized carbons (Fsp3) is 0.297. The lowest BCUT2D eigenvalue weighted by atomic mass is 9.81. The Morgan fingerprint density at radius 1 is 0.980 bits per heavy atom. The van der Waals surface area contributed by atoms with E-state index < -0.39 is 17.6 Å². The van der Waals surface area contributed by atoms with Gasteiger partial charge in [0.05, 0.1) is 27.4 Å². The number of methoxy groups -OCH3 is 2. The summed E-state index contributed by atoms with van der Waals surface area (Å²) in [6.45, 7) is 0.894. The van der Waals surface area contributed by atoms with Crippen LogP contribution in [0.15, 0.2) is 107 Å². The molecule has 0 aliphatic carbocycles. The Labute approximate surface area is 285 Å². The zero-order chi connectivity index (χ0) is 34.5. The van der Waals surface area contributed by atoms with Gasteiger partial charge in [0, 0.05) is 36.5 Å². The number of nitrogens with zero attached hydrogens (tertiary/aromatic N) is 4. The van der Waals surface area contributed by atoms with Gasteiger partial charge in [-0.25, -0.2) is 10.4 Å². The number of carbonyl (C=O) groups is 1.